The Balaban J connectivity index is 1.89. The minimum Gasteiger partial charge on any atom is -0.364 e. The van der Waals surface area contributed by atoms with E-state index in [1.54, 1.807) is 18.1 Å². The molecule has 5 nitrogen and oxygen atoms in total. The van der Waals surface area contributed by atoms with Gasteiger partial charge < -0.3 is 10.6 Å². The van der Waals surface area contributed by atoms with Gasteiger partial charge in [0.25, 0.3) is 5.91 Å². The van der Waals surface area contributed by atoms with E-state index < -0.39 is 5.91 Å². The van der Waals surface area contributed by atoms with E-state index in [1.165, 1.54) is 0 Å². The lowest BCUT2D eigenvalue weighted by Crippen LogP contribution is -2.31. The standard InChI is InChI=1S/C20H19ClN3O2/c1-24-17-9-16(21)14(8-11(17)6-7-18(24)25)15-10-23-19(20(22)26)13-5-3-2-4-12(13)15/h5,8-10H,2-4,6-7H2,1H3,(H2,22,26). The van der Waals surface area contributed by atoms with Gasteiger partial charge in [0.1, 0.15) is 5.69 Å². The molecule has 0 unspecified atom stereocenters. The van der Waals surface area contributed by atoms with Gasteiger partial charge in [-0.15, -0.1) is 0 Å². The van der Waals surface area contributed by atoms with Crippen LogP contribution >= 0.6 is 11.6 Å². The fourth-order valence-electron chi connectivity index (χ4n) is 3.88. The van der Waals surface area contributed by atoms with Gasteiger partial charge in [-0.25, -0.2) is 0 Å². The lowest BCUT2D eigenvalue weighted by molar-refractivity contribution is -0.118. The Morgan fingerprint density at radius 1 is 1.23 bits per heavy atom. The van der Waals surface area contributed by atoms with Crippen LogP contribution in [0.15, 0.2) is 18.3 Å². The van der Waals surface area contributed by atoms with Crippen LogP contribution in [0.1, 0.15) is 46.4 Å². The minimum absolute atomic E-state index is 0.0979. The molecule has 1 aromatic carbocycles. The molecule has 1 aliphatic heterocycles. The topological polar surface area (TPSA) is 76.3 Å². The van der Waals surface area contributed by atoms with Crippen LogP contribution in [0.5, 0.6) is 0 Å². The molecular formula is C20H19ClN3O2. The second kappa shape index (κ2) is 6.40. The number of aromatic nitrogens is 1. The highest BCUT2D eigenvalue weighted by molar-refractivity contribution is 6.34. The fraction of sp³-hybridized carbons (Fsp3) is 0.300. The number of amides is 2. The van der Waals surface area contributed by atoms with E-state index in [0.717, 1.165) is 52.8 Å². The number of fused-ring (bicyclic) bond motifs is 2. The lowest BCUT2D eigenvalue weighted by Gasteiger charge is -2.27. The second-order valence-electron chi connectivity index (χ2n) is 6.79. The summed E-state index contributed by atoms with van der Waals surface area (Å²) in [6, 6.07) is 3.90. The molecule has 1 radical (unpaired) electrons. The van der Waals surface area contributed by atoms with Crippen LogP contribution in [-0.2, 0) is 17.6 Å². The number of hydrogen-bond donors (Lipinski definition) is 1. The van der Waals surface area contributed by atoms with E-state index in [0.29, 0.717) is 23.6 Å². The first kappa shape index (κ1) is 17.0. The zero-order valence-corrected chi connectivity index (χ0v) is 15.3. The quantitative estimate of drug-likeness (QED) is 0.883. The Kier molecular flexibility index (Phi) is 4.19. The third-order valence-electron chi connectivity index (χ3n) is 5.24. The number of anilines is 1. The summed E-state index contributed by atoms with van der Waals surface area (Å²) < 4.78 is 0. The molecule has 2 aromatic rings. The third-order valence-corrected chi connectivity index (χ3v) is 5.56. The van der Waals surface area contributed by atoms with Crippen molar-refractivity contribution >= 4 is 29.1 Å². The molecule has 6 heteroatoms. The Hall–Kier alpha value is -2.40. The van der Waals surface area contributed by atoms with Crippen LogP contribution in [0.25, 0.3) is 11.1 Å². The van der Waals surface area contributed by atoms with Gasteiger partial charge in [-0.2, -0.15) is 0 Å². The van der Waals surface area contributed by atoms with Crippen molar-refractivity contribution in [3.63, 3.8) is 0 Å². The van der Waals surface area contributed by atoms with E-state index in [2.05, 4.69) is 11.1 Å². The summed E-state index contributed by atoms with van der Waals surface area (Å²) >= 11 is 6.59. The average Bonchev–Trinajstić information content (AvgIpc) is 2.64. The van der Waals surface area contributed by atoms with Crippen molar-refractivity contribution in [2.24, 2.45) is 5.73 Å². The first-order valence-electron chi connectivity index (χ1n) is 8.71. The molecule has 0 spiro atoms. The molecular weight excluding hydrogens is 350 g/mol. The van der Waals surface area contributed by atoms with Crippen LogP contribution in [0.4, 0.5) is 5.69 Å². The molecule has 4 rings (SSSR count). The maximum Gasteiger partial charge on any atom is 0.267 e. The van der Waals surface area contributed by atoms with Gasteiger partial charge in [-0.3, -0.25) is 14.6 Å². The first-order valence-corrected chi connectivity index (χ1v) is 9.09. The summed E-state index contributed by atoms with van der Waals surface area (Å²) in [5.74, 6) is -0.414. The number of benzene rings is 1. The van der Waals surface area contributed by atoms with E-state index in [1.807, 2.05) is 12.5 Å². The summed E-state index contributed by atoms with van der Waals surface area (Å²) in [5.41, 5.74) is 11.5. The van der Waals surface area contributed by atoms with E-state index >= 15 is 0 Å². The van der Waals surface area contributed by atoms with Gasteiger partial charge in [-0.1, -0.05) is 11.6 Å². The molecule has 0 fully saturated rings. The predicted molar refractivity (Wildman–Crippen MR) is 101 cm³/mol. The summed E-state index contributed by atoms with van der Waals surface area (Å²) in [6.07, 6.45) is 7.71. The smallest absolute Gasteiger partial charge is 0.267 e. The number of halogens is 1. The molecule has 2 amide bonds. The van der Waals surface area contributed by atoms with E-state index in [4.69, 9.17) is 17.3 Å². The van der Waals surface area contributed by atoms with Crippen LogP contribution in [-0.4, -0.2) is 23.8 Å². The first-order chi connectivity index (χ1) is 12.5. The molecule has 0 bridgehead atoms. The number of primary amides is 1. The largest absolute Gasteiger partial charge is 0.364 e. The van der Waals surface area contributed by atoms with Crippen LogP contribution in [0.3, 0.4) is 0 Å². The van der Waals surface area contributed by atoms with Crippen molar-refractivity contribution in [2.75, 3.05) is 11.9 Å². The van der Waals surface area contributed by atoms with Gasteiger partial charge in [0.2, 0.25) is 5.91 Å². The number of pyridine rings is 1. The van der Waals surface area contributed by atoms with Gasteiger partial charge in [0.05, 0.1) is 5.02 Å². The van der Waals surface area contributed by atoms with Crippen LogP contribution in [0, 0.1) is 6.42 Å². The van der Waals surface area contributed by atoms with Crippen molar-refractivity contribution in [1.29, 1.82) is 0 Å². The Bertz CT molecular complexity index is 939. The zero-order chi connectivity index (χ0) is 18.4. The normalized spacial score (nSPS) is 16.2. The van der Waals surface area contributed by atoms with Gasteiger partial charge >= 0.3 is 0 Å². The Morgan fingerprint density at radius 2 is 2.04 bits per heavy atom. The highest BCUT2D eigenvalue weighted by atomic mass is 35.5. The molecule has 0 atom stereocenters. The number of carbonyl (C=O) groups excluding carboxylic acids is 2. The number of nitrogens with zero attached hydrogens (tertiary/aromatic N) is 2. The molecule has 2 aliphatic rings. The maximum absolute atomic E-state index is 11.9. The summed E-state index contributed by atoms with van der Waals surface area (Å²) in [4.78, 5) is 29.6. The van der Waals surface area contributed by atoms with E-state index in [-0.39, 0.29) is 5.91 Å². The van der Waals surface area contributed by atoms with Crippen LogP contribution in [0.2, 0.25) is 5.02 Å². The van der Waals surface area contributed by atoms with Crippen LogP contribution < -0.4 is 10.6 Å². The molecule has 1 aliphatic carbocycles. The van der Waals surface area contributed by atoms with Crippen molar-refractivity contribution in [3.8, 4) is 11.1 Å². The van der Waals surface area contributed by atoms with Crippen molar-refractivity contribution in [3.05, 3.63) is 52.2 Å². The van der Waals surface area contributed by atoms with Gasteiger partial charge in [0, 0.05) is 36.5 Å². The Morgan fingerprint density at radius 3 is 2.81 bits per heavy atom. The number of hydrogen-bond acceptors (Lipinski definition) is 3. The van der Waals surface area contributed by atoms with Crippen molar-refractivity contribution < 1.29 is 9.59 Å². The molecule has 0 saturated heterocycles. The molecule has 133 valence electrons. The highest BCUT2D eigenvalue weighted by Crippen LogP contribution is 2.40. The molecule has 1 aromatic heterocycles. The third kappa shape index (κ3) is 2.67. The number of carbonyl (C=O) groups is 2. The maximum atomic E-state index is 11.9. The van der Waals surface area contributed by atoms with Crippen molar-refractivity contribution in [1.82, 2.24) is 4.98 Å². The van der Waals surface area contributed by atoms with Gasteiger partial charge in [0.15, 0.2) is 0 Å². The number of aryl methyl sites for hydroxylation is 1. The summed E-state index contributed by atoms with van der Waals surface area (Å²) in [5, 5.41) is 0.576. The van der Waals surface area contributed by atoms with Crippen molar-refractivity contribution in [2.45, 2.75) is 32.1 Å². The Labute approximate surface area is 157 Å². The number of rotatable bonds is 2. The monoisotopic (exact) mass is 368 g/mol. The second-order valence-corrected chi connectivity index (χ2v) is 7.19. The minimum atomic E-state index is -0.511. The molecule has 2 heterocycles. The predicted octanol–water partition coefficient (Wildman–Crippen LogP) is 3.30. The molecule has 0 saturated carbocycles. The van der Waals surface area contributed by atoms with E-state index in [9.17, 15) is 9.59 Å². The average molecular weight is 369 g/mol. The highest BCUT2D eigenvalue weighted by Gasteiger charge is 2.26. The molecule has 26 heavy (non-hydrogen) atoms. The zero-order valence-electron chi connectivity index (χ0n) is 14.5. The molecule has 2 N–H and O–H groups in total. The summed E-state index contributed by atoms with van der Waals surface area (Å²) in [6.45, 7) is 0. The summed E-state index contributed by atoms with van der Waals surface area (Å²) in [7, 11) is 1.77. The van der Waals surface area contributed by atoms with Gasteiger partial charge in [-0.05, 0) is 60.9 Å². The number of nitrogens with two attached hydrogens (primary N) is 1. The fourth-order valence-corrected chi connectivity index (χ4v) is 4.14. The SMILES string of the molecule is CN1C(=O)CCc2cc(-c3cnc(C(N)=O)c4c3CCC[CH]4)c(Cl)cc21. The lowest BCUT2D eigenvalue weighted by atomic mass is 9.85.